The smallest absolute Gasteiger partial charge is 0.233 e. The van der Waals surface area contributed by atoms with Gasteiger partial charge in [0.15, 0.2) is 0 Å². The Labute approximate surface area is 172 Å². The van der Waals surface area contributed by atoms with Gasteiger partial charge in [0.1, 0.15) is 5.75 Å². The Bertz CT molecular complexity index is 1100. The molecule has 9 nitrogen and oxygen atoms in total. The fourth-order valence-corrected chi connectivity index (χ4v) is 2.71. The summed E-state index contributed by atoms with van der Waals surface area (Å²) in [5.74, 6) is 1.13. The number of phenolic OH excluding ortho intramolecular Hbond substituents is 1. The second-order valence-electron chi connectivity index (χ2n) is 6.48. The molecular formula is C21H20N8O. The van der Waals surface area contributed by atoms with E-state index in [1.165, 1.54) is 0 Å². The predicted molar refractivity (Wildman–Crippen MR) is 119 cm³/mol. The first-order chi connectivity index (χ1) is 14.5. The molecule has 9 heteroatoms. The van der Waals surface area contributed by atoms with E-state index in [4.69, 9.17) is 11.5 Å². The molecule has 30 heavy (non-hydrogen) atoms. The summed E-state index contributed by atoms with van der Waals surface area (Å²) in [5.41, 5.74) is 15.1. The number of benzene rings is 3. The first kappa shape index (κ1) is 18.8. The Hall–Kier alpha value is -4.53. The predicted octanol–water partition coefficient (Wildman–Crippen LogP) is 3.97. The topological polar surface area (TPSA) is 147 Å². The van der Waals surface area contributed by atoms with Crippen molar-refractivity contribution in [3.05, 3.63) is 72.8 Å². The standard InChI is InChI=1S/C21H20N8O/c22-13-3-1-5-16(11-13)25-20-27-19(24-15-7-9-18(30)10-8-15)28-21(29-20)26-17-6-2-4-14(23)12-17/h1-12,30H,22-23H2,(H3,24,25,26,27,28,29). The van der Waals surface area contributed by atoms with E-state index in [-0.39, 0.29) is 5.75 Å². The van der Waals surface area contributed by atoms with Gasteiger partial charge < -0.3 is 32.5 Å². The van der Waals surface area contributed by atoms with Crippen LogP contribution in [0.1, 0.15) is 0 Å². The molecule has 0 aliphatic carbocycles. The summed E-state index contributed by atoms with van der Waals surface area (Å²) < 4.78 is 0. The van der Waals surface area contributed by atoms with E-state index in [2.05, 4.69) is 30.9 Å². The molecule has 0 unspecified atom stereocenters. The van der Waals surface area contributed by atoms with Crippen LogP contribution in [0.15, 0.2) is 72.8 Å². The van der Waals surface area contributed by atoms with Crippen LogP contribution in [-0.2, 0) is 0 Å². The summed E-state index contributed by atoms with van der Waals surface area (Å²) in [6.45, 7) is 0. The van der Waals surface area contributed by atoms with Crippen LogP contribution < -0.4 is 27.4 Å². The van der Waals surface area contributed by atoms with Crippen molar-refractivity contribution < 1.29 is 5.11 Å². The van der Waals surface area contributed by atoms with E-state index in [0.29, 0.717) is 34.9 Å². The van der Waals surface area contributed by atoms with Gasteiger partial charge in [-0.2, -0.15) is 15.0 Å². The summed E-state index contributed by atoms with van der Waals surface area (Å²) in [5, 5.41) is 18.8. The summed E-state index contributed by atoms with van der Waals surface area (Å²) in [6, 6.07) is 21.1. The number of nitrogens with zero attached hydrogens (tertiary/aromatic N) is 3. The van der Waals surface area contributed by atoms with Gasteiger partial charge in [0.2, 0.25) is 17.8 Å². The average Bonchev–Trinajstić information content (AvgIpc) is 2.70. The van der Waals surface area contributed by atoms with Crippen molar-refractivity contribution in [3.63, 3.8) is 0 Å². The number of hydrogen-bond donors (Lipinski definition) is 6. The van der Waals surface area contributed by atoms with Crippen LogP contribution in [0.3, 0.4) is 0 Å². The lowest BCUT2D eigenvalue weighted by atomic mass is 10.3. The number of nitrogen functional groups attached to an aromatic ring is 2. The summed E-state index contributed by atoms with van der Waals surface area (Å²) in [6.07, 6.45) is 0. The maximum absolute atomic E-state index is 9.47. The lowest BCUT2D eigenvalue weighted by Gasteiger charge is -2.12. The quantitative estimate of drug-likeness (QED) is 0.209. The first-order valence-corrected chi connectivity index (χ1v) is 9.11. The van der Waals surface area contributed by atoms with Gasteiger partial charge in [0.25, 0.3) is 0 Å². The maximum atomic E-state index is 9.47. The van der Waals surface area contributed by atoms with E-state index in [1.54, 1.807) is 48.5 Å². The fraction of sp³-hybridized carbons (Fsp3) is 0. The molecule has 1 aromatic heterocycles. The Morgan fingerprint density at radius 1 is 0.567 bits per heavy atom. The van der Waals surface area contributed by atoms with Crippen molar-refractivity contribution in [3.8, 4) is 5.75 Å². The van der Waals surface area contributed by atoms with Gasteiger partial charge in [-0.1, -0.05) is 12.1 Å². The molecular weight excluding hydrogens is 380 g/mol. The van der Waals surface area contributed by atoms with Crippen molar-refractivity contribution in [2.75, 3.05) is 27.4 Å². The van der Waals surface area contributed by atoms with Gasteiger partial charge in [-0.25, -0.2) is 0 Å². The Balaban J connectivity index is 1.66. The molecule has 0 atom stereocenters. The molecule has 1 heterocycles. The van der Waals surface area contributed by atoms with E-state index in [0.717, 1.165) is 11.4 Å². The van der Waals surface area contributed by atoms with Crippen molar-refractivity contribution in [1.29, 1.82) is 0 Å². The Morgan fingerprint density at radius 2 is 1.00 bits per heavy atom. The lowest BCUT2D eigenvalue weighted by Crippen LogP contribution is -2.07. The van der Waals surface area contributed by atoms with Crippen LogP contribution in [0, 0.1) is 0 Å². The number of nitrogens with two attached hydrogens (primary N) is 2. The zero-order chi connectivity index (χ0) is 20.9. The van der Waals surface area contributed by atoms with E-state index < -0.39 is 0 Å². The molecule has 4 rings (SSSR count). The first-order valence-electron chi connectivity index (χ1n) is 9.11. The Kier molecular flexibility index (Phi) is 5.16. The largest absolute Gasteiger partial charge is 0.508 e. The molecule has 0 saturated carbocycles. The van der Waals surface area contributed by atoms with Gasteiger partial charge in [-0.15, -0.1) is 0 Å². The highest BCUT2D eigenvalue weighted by molar-refractivity contribution is 5.65. The summed E-state index contributed by atoms with van der Waals surface area (Å²) >= 11 is 0. The monoisotopic (exact) mass is 400 g/mol. The minimum absolute atomic E-state index is 0.171. The van der Waals surface area contributed by atoms with Crippen LogP contribution in [0.2, 0.25) is 0 Å². The van der Waals surface area contributed by atoms with Crippen LogP contribution in [0.4, 0.5) is 46.3 Å². The van der Waals surface area contributed by atoms with E-state index >= 15 is 0 Å². The van der Waals surface area contributed by atoms with Gasteiger partial charge in [-0.3, -0.25) is 0 Å². The molecule has 0 fully saturated rings. The third kappa shape index (κ3) is 4.84. The highest BCUT2D eigenvalue weighted by atomic mass is 16.3. The number of hydrogen-bond acceptors (Lipinski definition) is 9. The lowest BCUT2D eigenvalue weighted by molar-refractivity contribution is 0.475. The molecule has 150 valence electrons. The fourth-order valence-electron chi connectivity index (χ4n) is 2.71. The SMILES string of the molecule is Nc1cccc(Nc2nc(Nc3ccc(O)cc3)nc(Nc3cccc(N)c3)n2)c1. The molecule has 0 radical (unpaired) electrons. The van der Waals surface area contributed by atoms with Crippen LogP contribution in [0.5, 0.6) is 5.75 Å². The number of aromatic hydroxyl groups is 1. The average molecular weight is 400 g/mol. The molecule has 0 spiro atoms. The van der Waals surface area contributed by atoms with Crippen molar-refractivity contribution in [1.82, 2.24) is 15.0 Å². The molecule has 8 N–H and O–H groups in total. The molecule has 0 aliphatic heterocycles. The number of phenols is 1. The van der Waals surface area contributed by atoms with E-state index in [9.17, 15) is 5.11 Å². The highest BCUT2D eigenvalue weighted by Crippen LogP contribution is 2.23. The van der Waals surface area contributed by atoms with Gasteiger partial charge >= 0.3 is 0 Å². The van der Waals surface area contributed by atoms with Gasteiger partial charge in [-0.05, 0) is 60.7 Å². The summed E-state index contributed by atoms with van der Waals surface area (Å²) in [7, 11) is 0. The second-order valence-corrected chi connectivity index (χ2v) is 6.48. The van der Waals surface area contributed by atoms with Crippen LogP contribution >= 0.6 is 0 Å². The van der Waals surface area contributed by atoms with Crippen molar-refractivity contribution in [2.45, 2.75) is 0 Å². The molecule has 0 saturated heterocycles. The minimum Gasteiger partial charge on any atom is -0.508 e. The highest BCUT2D eigenvalue weighted by Gasteiger charge is 2.09. The third-order valence-electron chi connectivity index (χ3n) is 4.04. The molecule has 4 aromatic rings. The second kappa shape index (κ2) is 8.23. The molecule has 3 aromatic carbocycles. The molecule has 0 aliphatic rings. The number of aromatic nitrogens is 3. The van der Waals surface area contributed by atoms with Gasteiger partial charge in [0.05, 0.1) is 0 Å². The van der Waals surface area contributed by atoms with Gasteiger partial charge in [0, 0.05) is 28.4 Å². The maximum Gasteiger partial charge on any atom is 0.233 e. The molecule has 0 bridgehead atoms. The number of nitrogens with one attached hydrogen (secondary N) is 3. The summed E-state index contributed by atoms with van der Waals surface area (Å²) in [4.78, 5) is 13.3. The van der Waals surface area contributed by atoms with Crippen LogP contribution in [-0.4, -0.2) is 20.1 Å². The van der Waals surface area contributed by atoms with Crippen molar-refractivity contribution in [2.24, 2.45) is 0 Å². The zero-order valence-corrected chi connectivity index (χ0v) is 15.9. The number of anilines is 8. The number of rotatable bonds is 6. The molecule has 0 amide bonds. The Morgan fingerprint density at radius 3 is 1.43 bits per heavy atom. The normalized spacial score (nSPS) is 10.4. The van der Waals surface area contributed by atoms with Crippen molar-refractivity contribution >= 4 is 46.3 Å². The van der Waals surface area contributed by atoms with E-state index in [1.807, 2.05) is 24.3 Å². The minimum atomic E-state index is 0.171. The zero-order valence-electron chi connectivity index (χ0n) is 15.9. The van der Waals surface area contributed by atoms with Crippen LogP contribution in [0.25, 0.3) is 0 Å². The third-order valence-corrected chi connectivity index (χ3v) is 4.04.